The van der Waals surface area contributed by atoms with Crippen LogP contribution in [0.25, 0.3) is 0 Å². The first-order valence-electron chi connectivity index (χ1n) is 10.9. The molecule has 2 fully saturated rings. The third-order valence-electron chi connectivity index (χ3n) is 7.43. The van der Waals surface area contributed by atoms with Crippen molar-refractivity contribution in [3.8, 4) is 0 Å². The Morgan fingerprint density at radius 2 is 1.86 bits per heavy atom. The van der Waals surface area contributed by atoms with Crippen molar-refractivity contribution in [2.24, 2.45) is 23.2 Å². The van der Waals surface area contributed by atoms with Gasteiger partial charge in [-0.05, 0) is 62.5 Å². The van der Waals surface area contributed by atoms with Crippen LogP contribution < -0.4 is 0 Å². The molecule has 2 heterocycles. The van der Waals surface area contributed by atoms with Gasteiger partial charge in [-0.3, -0.25) is 0 Å². The summed E-state index contributed by atoms with van der Waals surface area (Å²) in [6.45, 7) is 4.26. The maximum absolute atomic E-state index is 13.0. The largest absolute Gasteiger partial charge is 0.427 e. The second kappa shape index (κ2) is 6.47. The van der Waals surface area contributed by atoms with Gasteiger partial charge in [0.05, 0.1) is 5.41 Å². The molecular formula is C24H28O4. The molecule has 0 aromatic heterocycles. The molecular weight excluding hydrogens is 352 g/mol. The van der Waals surface area contributed by atoms with E-state index < -0.39 is 5.41 Å². The minimum Gasteiger partial charge on any atom is -0.427 e. The first kappa shape index (κ1) is 18.0. The smallest absolute Gasteiger partial charge is 0.340 e. The van der Waals surface area contributed by atoms with Crippen molar-refractivity contribution in [1.82, 2.24) is 0 Å². The van der Waals surface area contributed by atoms with Gasteiger partial charge in [-0.1, -0.05) is 32.8 Å². The molecule has 0 radical (unpaired) electrons. The normalized spacial score (nSPS) is 38.4. The number of carbonyl (C=O) groups is 2. The molecule has 4 aliphatic carbocycles. The molecule has 0 unspecified atom stereocenters. The molecule has 0 N–H and O–H groups in total. The number of ether oxygens (including phenoxy) is 2. The number of unbranched alkanes of at least 4 members (excludes halogenated alkanes) is 2. The zero-order valence-corrected chi connectivity index (χ0v) is 16.8. The van der Waals surface area contributed by atoms with Crippen molar-refractivity contribution in [3.05, 3.63) is 46.5 Å². The average Bonchev–Trinajstić information content (AvgIpc) is 3.19. The summed E-state index contributed by atoms with van der Waals surface area (Å²) in [6.07, 6.45) is 14.1. The Hall–Kier alpha value is -2.10. The van der Waals surface area contributed by atoms with Gasteiger partial charge in [0.1, 0.15) is 11.5 Å². The molecule has 2 aliphatic heterocycles. The van der Waals surface area contributed by atoms with Crippen LogP contribution >= 0.6 is 0 Å². The van der Waals surface area contributed by atoms with Crippen molar-refractivity contribution >= 4 is 11.9 Å². The summed E-state index contributed by atoms with van der Waals surface area (Å²) in [6, 6.07) is 0. The quantitative estimate of drug-likeness (QED) is 0.635. The fourth-order valence-electron chi connectivity index (χ4n) is 6.29. The predicted molar refractivity (Wildman–Crippen MR) is 105 cm³/mol. The molecule has 4 atom stereocenters. The van der Waals surface area contributed by atoms with Gasteiger partial charge in [-0.15, -0.1) is 0 Å². The van der Waals surface area contributed by atoms with E-state index in [1.165, 1.54) is 0 Å². The zero-order valence-electron chi connectivity index (χ0n) is 16.8. The van der Waals surface area contributed by atoms with Crippen molar-refractivity contribution in [1.29, 1.82) is 0 Å². The fraction of sp³-hybridized carbons (Fsp3) is 0.583. The monoisotopic (exact) mass is 380 g/mol. The number of cyclic esters (lactones) is 2. The standard InChI is InChI=1S/C24H28O4/c1-3-5-7-18-16-10-9-15-14-11-12-24(21(15)20(16)23(26)27-18)17(13-14)22(25)28-19(24)8-6-4-2/h7-8,13-15,21H,3-6,9-12H2,1-2H3/b18-7-,19-8?/t14-,15+,21+,24+/m0/s1. The molecule has 148 valence electrons. The van der Waals surface area contributed by atoms with Crippen LogP contribution in [0.15, 0.2) is 46.5 Å². The summed E-state index contributed by atoms with van der Waals surface area (Å²) in [7, 11) is 0. The lowest BCUT2D eigenvalue weighted by Gasteiger charge is -2.54. The minimum atomic E-state index is -0.452. The first-order valence-corrected chi connectivity index (χ1v) is 10.9. The topological polar surface area (TPSA) is 52.6 Å². The van der Waals surface area contributed by atoms with E-state index in [2.05, 4.69) is 32.1 Å². The maximum atomic E-state index is 13.0. The summed E-state index contributed by atoms with van der Waals surface area (Å²) in [5.41, 5.74) is 2.29. The lowest BCUT2D eigenvalue weighted by molar-refractivity contribution is -0.135. The SMILES string of the molecule is CCCC=C1OC(=O)C2=C[C@@H]3CC[C@]12[C@H]1C2=C(CC[C@H]31)/C(=C/CCC)OC2=O. The third-order valence-corrected chi connectivity index (χ3v) is 7.43. The van der Waals surface area contributed by atoms with E-state index in [0.29, 0.717) is 11.8 Å². The Morgan fingerprint density at radius 3 is 2.64 bits per heavy atom. The van der Waals surface area contributed by atoms with Gasteiger partial charge < -0.3 is 9.47 Å². The van der Waals surface area contributed by atoms with E-state index in [1.54, 1.807) is 0 Å². The zero-order chi connectivity index (χ0) is 19.5. The van der Waals surface area contributed by atoms with Crippen LogP contribution in [0.5, 0.6) is 0 Å². The van der Waals surface area contributed by atoms with Gasteiger partial charge in [0.2, 0.25) is 0 Å². The molecule has 1 saturated heterocycles. The molecule has 2 bridgehead atoms. The molecule has 0 aromatic rings. The molecule has 4 heteroatoms. The van der Waals surface area contributed by atoms with Gasteiger partial charge in [-0.2, -0.15) is 0 Å². The molecule has 4 nitrogen and oxygen atoms in total. The Balaban J connectivity index is 1.68. The van der Waals surface area contributed by atoms with E-state index in [1.807, 2.05) is 0 Å². The highest BCUT2D eigenvalue weighted by Crippen LogP contribution is 2.68. The van der Waals surface area contributed by atoms with Crippen molar-refractivity contribution in [2.75, 3.05) is 0 Å². The van der Waals surface area contributed by atoms with Crippen LogP contribution in [0, 0.1) is 23.2 Å². The second-order valence-corrected chi connectivity index (χ2v) is 8.82. The first-order chi connectivity index (χ1) is 13.6. The van der Waals surface area contributed by atoms with Crippen LogP contribution in [0.3, 0.4) is 0 Å². The molecule has 1 spiro atoms. The summed E-state index contributed by atoms with van der Waals surface area (Å²) in [4.78, 5) is 25.8. The molecule has 0 aromatic carbocycles. The molecule has 0 amide bonds. The summed E-state index contributed by atoms with van der Waals surface area (Å²) in [5, 5.41) is 0. The highest BCUT2D eigenvalue weighted by molar-refractivity contribution is 5.99. The van der Waals surface area contributed by atoms with Gasteiger partial charge in [0, 0.05) is 22.6 Å². The van der Waals surface area contributed by atoms with Crippen LogP contribution in [0.1, 0.15) is 65.2 Å². The molecule has 6 aliphatic rings. The Labute approximate surface area is 166 Å². The Morgan fingerprint density at radius 1 is 1.07 bits per heavy atom. The minimum absolute atomic E-state index is 0.0181. The number of allylic oxidation sites excluding steroid dienone is 5. The summed E-state index contributed by atoms with van der Waals surface area (Å²) >= 11 is 0. The van der Waals surface area contributed by atoms with Crippen molar-refractivity contribution in [3.63, 3.8) is 0 Å². The van der Waals surface area contributed by atoms with E-state index in [4.69, 9.17) is 9.47 Å². The lowest BCUT2D eigenvalue weighted by atomic mass is 9.47. The van der Waals surface area contributed by atoms with Crippen LogP contribution in [-0.4, -0.2) is 11.9 Å². The lowest BCUT2D eigenvalue weighted by Crippen LogP contribution is -2.50. The van der Waals surface area contributed by atoms with Crippen molar-refractivity contribution in [2.45, 2.75) is 65.2 Å². The summed E-state index contributed by atoms with van der Waals surface area (Å²) in [5.74, 6) is 1.96. The van der Waals surface area contributed by atoms with Crippen LogP contribution in [0.2, 0.25) is 0 Å². The van der Waals surface area contributed by atoms with Crippen LogP contribution in [-0.2, 0) is 19.1 Å². The number of rotatable bonds is 4. The van der Waals surface area contributed by atoms with Gasteiger partial charge >= 0.3 is 11.9 Å². The Bertz CT molecular complexity index is 871. The highest BCUT2D eigenvalue weighted by atomic mass is 16.5. The van der Waals surface area contributed by atoms with E-state index in [9.17, 15) is 9.59 Å². The number of hydrogen-bond donors (Lipinski definition) is 0. The predicted octanol–water partition coefficient (Wildman–Crippen LogP) is 5.13. The molecule has 1 saturated carbocycles. The van der Waals surface area contributed by atoms with Gasteiger partial charge in [-0.25, -0.2) is 9.59 Å². The van der Waals surface area contributed by atoms with Gasteiger partial charge in [0.15, 0.2) is 0 Å². The molecule has 28 heavy (non-hydrogen) atoms. The number of carbonyl (C=O) groups excluding carboxylic acids is 2. The van der Waals surface area contributed by atoms with Crippen LogP contribution in [0.4, 0.5) is 0 Å². The highest BCUT2D eigenvalue weighted by Gasteiger charge is 2.66. The van der Waals surface area contributed by atoms with E-state index in [0.717, 1.165) is 79.6 Å². The maximum Gasteiger partial charge on any atom is 0.340 e. The van der Waals surface area contributed by atoms with E-state index in [-0.39, 0.29) is 17.9 Å². The summed E-state index contributed by atoms with van der Waals surface area (Å²) < 4.78 is 11.6. The average molecular weight is 380 g/mol. The third kappa shape index (κ3) is 2.23. The molecule has 6 rings (SSSR count). The fourth-order valence-corrected chi connectivity index (χ4v) is 6.29. The number of esters is 2. The van der Waals surface area contributed by atoms with Gasteiger partial charge in [0.25, 0.3) is 0 Å². The number of fused-ring (bicyclic) bond motifs is 1. The van der Waals surface area contributed by atoms with Crippen molar-refractivity contribution < 1.29 is 19.1 Å². The van der Waals surface area contributed by atoms with E-state index >= 15 is 0 Å². The second-order valence-electron chi connectivity index (χ2n) is 8.82. The Kier molecular flexibility index (Phi) is 4.15. The number of hydrogen-bond acceptors (Lipinski definition) is 4.